The van der Waals surface area contributed by atoms with Crippen molar-refractivity contribution in [2.75, 3.05) is 9.80 Å². The second-order valence-electron chi connectivity index (χ2n) is 8.66. The van der Waals surface area contributed by atoms with Crippen molar-refractivity contribution < 1.29 is 22.7 Å². The molecule has 1 fully saturated rings. The second-order valence-corrected chi connectivity index (χ2v) is 8.66. The van der Waals surface area contributed by atoms with E-state index >= 15 is 0 Å². The van der Waals surface area contributed by atoms with Crippen LogP contribution in [-0.2, 0) is 0 Å². The molecule has 1 atom stereocenters. The Balaban J connectivity index is 1.86. The first-order chi connectivity index (χ1) is 16.0. The van der Waals surface area contributed by atoms with Gasteiger partial charge in [-0.1, -0.05) is 29.8 Å². The molecule has 0 radical (unpaired) electrons. The number of aryl methyl sites for hydroxylation is 1. The van der Waals surface area contributed by atoms with Crippen molar-refractivity contribution in [2.24, 2.45) is 0 Å². The molecule has 8 heteroatoms. The third-order valence-electron chi connectivity index (χ3n) is 5.88. The lowest BCUT2D eigenvalue weighted by atomic mass is 9.87. The zero-order valence-corrected chi connectivity index (χ0v) is 18.8. The number of alkyl halides is 3. The number of nitrogens with zero attached hydrogens (tertiary/aromatic N) is 3. The van der Waals surface area contributed by atoms with Gasteiger partial charge in [0.15, 0.2) is 0 Å². The minimum absolute atomic E-state index is 0.328. The molecule has 34 heavy (non-hydrogen) atoms. The van der Waals surface area contributed by atoms with Crippen LogP contribution in [0.3, 0.4) is 0 Å². The largest absolute Gasteiger partial charge is 0.573 e. The molecule has 1 heterocycles. The SMILES string of the molecule is Cc1ccc(N2C(=O)N(c3ccc(C#N)cc3)C(C)(C)C2c2cccc(OC(F)(F)F)c2)cc1. The molecule has 0 N–H and O–H groups in total. The molecule has 174 valence electrons. The van der Waals surface area contributed by atoms with E-state index in [1.807, 2.05) is 45.0 Å². The number of amides is 2. The molecular weight excluding hydrogens is 443 g/mol. The Bertz CT molecular complexity index is 1250. The van der Waals surface area contributed by atoms with Crippen molar-refractivity contribution in [1.29, 1.82) is 5.26 Å². The lowest BCUT2D eigenvalue weighted by Gasteiger charge is -2.35. The van der Waals surface area contributed by atoms with Crippen LogP contribution in [0.2, 0.25) is 0 Å². The van der Waals surface area contributed by atoms with E-state index in [1.165, 1.54) is 18.2 Å². The Morgan fingerprint density at radius 1 is 0.971 bits per heavy atom. The molecule has 0 aromatic heterocycles. The second kappa shape index (κ2) is 8.41. The zero-order chi connectivity index (χ0) is 24.7. The van der Waals surface area contributed by atoms with Gasteiger partial charge in [0.1, 0.15) is 5.75 Å². The fourth-order valence-corrected chi connectivity index (χ4v) is 4.43. The number of hydrogen-bond acceptors (Lipinski definition) is 3. The number of hydrogen-bond donors (Lipinski definition) is 0. The number of carbonyl (C=O) groups is 1. The van der Waals surface area contributed by atoms with E-state index in [0.717, 1.165) is 5.56 Å². The maximum atomic E-state index is 13.8. The smallest absolute Gasteiger partial charge is 0.406 e. The number of halogens is 3. The highest BCUT2D eigenvalue weighted by atomic mass is 19.4. The van der Waals surface area contributed by atoms with Crippen LogP contribution >= 0.6 is 0 Å². The number of anilines is 2. The molecule has 0 spiro atoms. The summed E-state index contributed by atoms with van der Waals surface area (Å²) in [5.41, 5.74) is 2.29. The van der Waals surface area contributed by atoms with Gasteiger partial charge in [0.2, 0.25) is 0 Å². The van der Waals surface area contributed by atoms with Crippen molar-refractivity contribution in [3.8, 4) is 11.8 Å². The fraction of sp³-hybridized carbons (Fsp3) is 0.231. The summed E-state index contributed by atoms with van der Waals surface area (Å²) >= 11 is 0. The Morgan fingerprint density at radius 2 is 1.59 bits per heavy atom. The molecule has 3 aromatic carbocycles. The summed E-state index contributed by atoms with van der Waals surface area (Å²) in [5, 5.41) is 9.13. The van der Waals surface area contributed by atoms with Gasteiger partial charge >= 0.3 is 12.4 Å². The zero-order valence-electron chi connectivity index (χ0n) is 18.8. The van der Waals surface area contributed by atoms with Gasteiger partial charge in [-0.2, -0.15) is 5.26 Å². The predicted molar refractivity (Wildman–Crippen MR) is 123 cm³/mol. The molecule has 4 rings (SSSR count). The monoisotopic (exact) mass is 465 g/mol. The van der Waals surface area contributed by atoms with Crippen LogP contribution in [0, 0.1) is 18.3 Å². The first-order valence-electron chi connectivity index (χ1n) is 10.6. The summed E-state index contributed by atoms with van der Waals surface area (Å²) < 4.78 is 42.8. The van der Waals surface area contributed by atoms with Crippen molar-refractivity contribution >= 4 is 17.4 Å². The van der Waals surface area contributed by atoms with Gasteiger partial charge in [-0.05, 0) is 74.9 Å². The molecule has 1 saturated heterocycles. The van der Waals surface area contributed by atoms with E-state index in [0.29, 0.717) is 22.5 Å². The molecule has 0 bridgehead atoms. The van der Waals surface area contributed by atoms with Crippen LogP contribution in [0.1, 0.15) is 36.6 Å². The summed E-state index contributed by atoms with van der Waals surface area (Å²) in [5.74, 6) is -0.353. The predicted octanol–water partition coefficient (Wildman–Crippen LogP) is 6.73. The molecular formula is C26H22F3N3O2. The number of ether oxygens (including phenoxy) is 1. The Labute approximate surface area is 195 Å². The van der Waals surface area contributed by atoms with Crippen LogP contribution < -0.4 is 14.5 Å². The molecule has 5 nitrogen and oxygen atoms in total. The summed E-state index contributed by atoms with van der Waals surface area (Å²) in [6.07, 6.45) is -4.83. The number of rotatable bonds is 4. The summed E-state index contributed by atoms with van der Waals surface area (Å²) in [7, 11) is 0. The molecule has 1 aliphatic rings. The highest BCUT2D eigenvalue weighted by Crippen LogP contribution is 2.48. The van der Waals surface area contributed by atoms with Crippen molar-refractivity contribution in [3.05, 3.63) is 89.5 Å². The van der Waals surface area contributed by atoms with Crippen LogP contribution in [0.5, 0.6) is 5.75 Å². The van der Waals surface area contributed by atoms with E-state index < -0.39 is 17.9 Å². The van der Waals surface area contributed by atoms with Crippen LogP contribution in [-0.4, -0.2) is 17.9 Å². The third-order valence-corrected chi connectivity index (χ3v) is 5.88. The number of nitriles is 1. The van der Waals surface area contributed by atoms with Gasteiger partial charge < -0.3 is 4.74 Å². The van der Waals surface area contributed by atoms with E-state index in [-0.39, 0.29) is 11.8 Å². The van der Waals surface area contributed by atoms with Crippen molar-refractivity contribution in [2.45, 2.75) is 38.7 Å². The molecule has 1 aliphatic heterocycles. The average Bonchev–Trinajstić information content (AvgIpc) is 2.98. The van der Waals surface area contributed by atoms with Gasteiger partial charge in [-0.15, -0.1) is 13.2 Å². The average molecular weight is 465 g/mol. The van der Waals surface area contributed by atoms with Gasteiger partial charge in [-0.25, -0.2) is 4.79 Å². The summed E-state index contributed by atoms with van der Waals surface area (Å²) in [6.45, 7) is 5.65. The number of benzene rings is 3. The Kier molecular flexibility index (Phi) is 5.74. The molecule has 0 aliphatic carbocycles. The Hall–Kier alpha value is -3.99. The minimum atomic E-state index is -4.83. The fourth-order valence-electron chi connectivity index (χ4n) is 4.43. The Morgan fingerprint density at radius 3 is 2.18 bits per heavy atom. The maximum absolute atomic E-state index is 13.8. The number of carbonyl (C=O) groups excluding carboxylic acids is 1. The van der Waals surface area contributed by atoms with Crippen LogP contribution in [0.25, 0.3) is 0 Å². The highest BCUT2D eigenvalue weighted by Gasteiger charge is 2.53. The van der Waals surface area contributed by atoms with Gasteiger partial charge in [0.25, 0.3) is 0 Å². The van der Waals surface area contributed by atoms with Gasteiger partial charge in [-0.3, -0.25) is 9.80 Å². The lowest BCUT2D eigenvalue weighted by molar-refractivity contribution is -0.274. The van der Waals surface area contributed by atoms with E-state index in [2.05, 4.69) is 10.8 Å². The maximum Gasteiger partial charge on any atom is 0.573 e. The number of urea groups is 1. The first kappa shape index (κ1) is 23.2. The van der Waals surface area contributed by atoms with Crippen molar-refractivity contribution in [3.63, 3.8) is 0 Å². The molecule has 0 saturated carbocycles. The van der Waals surface area contributed by atoms with E-state index in [9.17, 15) is 18.0 Å². The van der Waals surface area contributed by atoms with E-state index in [4.69, 9.17) is 5.26 Å². The normalized spacial score (nSPS) is 17.6. The first-order valence-corrected chi connectivity index (χ1v) is 10.6. The van der Waals surface area contributed by atoms with Gasteiger partial charge in [0, 0.05) is 11.4 Å². The summed E-state index contributed by atoms with van der Waals surface area (Å²) in [4.78, 5) is 17.0. The van der Waals surface area contributed by atoms with Gasteiger partial charge in [0.05, 0.1) is 23.2 Å². The van der Waals surface area contributed by atoms with Crippen LogP contribution in [0.4, 0.5) is 29.3 Å². The van der Waals surface area contributed by atoms with Crippen molar-refractivity contribution in [1.82, 2.24) is 0 Å². The minimum Gasteiger partial charge on any atom is -0.406 e. The lowest BCUT2D eigenvalue weighted by Crippen LogP contribution is -2.43. The molecule has 3 aromatic rings. The quantitative estimate of drug-likeness (QED) is 0.429. The summed E-state index contributed by atoms with van der Waals surface area (Å²) in [6, 6.07) is 20.8. The molecule has 1 unspecified atom stereocenters. The third kappa shape index (κ3) is 4.29. The van der Waals surface area contributed by atoms with E-state index in [1.54, 1.807) is 40.1 Å². The van der Waals surface area contributed by atoms with Crippen LogP contribution in [0.15, 0.2) is 72.8 Å². The highest BCUT2D eigenvalue weighted by molar-refractivity contribution is 6.08. The standard InChI is InChI=1S/C26H22F3N3O2/c1-17-7-11-20(12-8-17)31-23(19-5-4-6-22(15-19)34-26(27,28)29)25(2,3)32(24(31)33)21-13-9-18(16-30)10-14-21/h4-15,23H,1-3H3. The molecule has 2 amide bonds. The topological polar surface area (TPSA) is 56.6 Å².